The van der Waals surface area contributed by atoms with Crippen molar-refractivity contribution < 1.29 is 9.21 Å². The number of furan rings is 1. The molecular formula is C12H19ClN2O2S. The van der Waals surface area contributed by atoms with Gasteiger partial charge < -0.3 is 14.6 Å². The lowest BCUT2D eigenvalue weighted by molar-refractivity contribution is 0.0699. The highest BCUT2D eigenvalue weighted by atomic mass is 35.5. The van der Waals surface area contributed by atoms with Crippen molar-refractivity contribution in [2.75, 3.05) is 26.4 Å². The Balaban J connectivity index is 0.00000162. The van der Waals surface area contributed by atoms with Crippen molar-refractivity contribution in [1.29, 1.82) is 0 Å². The van der Waals surface area contributed by atoms with Crippen LogP contribution in [-0.4, -0.2) is 43.2 Å². The van der Waals surface area contributed by atoms with Crippen LogP contribution >= 0.6 is 24.2 Å². The minimum atomic E-state index is 0. The minimum absolute atomic E-state index is 0. The first-order valence-corrected chi connectivity index (χ1v) is 7.08. The molecule has 6 heteroatoms. The van der Waals surface area contributed by atoms with E-state index in [0.29, 0.717) is 11.8 Å². The van der Waals surface area contributed by atoms with Gasteiger partial charge in [0.15, 0.2) is 10.9 Å². The molecule has 0 spiro atoms. The van der Waals surface area contributed by atoms with E-state index in [-0.39, 0.29) is 18.3 Å². The summed E-state index contributed by atoms with van der Waals surface area (Å²) in [6, 6.07) is 3.92. The maximum Gasteiger partial charge on any atom is 0.289 e. The molecule has 2 heterocycles. The highest BCUT2D eigenvalue weighted by Crippen LogP contribution is 2.23. The van der Waals surface area contributed by atoms with Gasteiger partial charge in [-0.3, -0.25) is 4.79 Å². The molecule has 0 aliphatic carbocycles. The lowest BCUT2D eigenvalue weighted by Gasteiger charge is -2.23. The van der Waals surface area contributed by atoms with Crippen molar-refractivity contribution in [3.05, 3.63) is 17.9 Å². The summed E-state index contributed by atoms with van der Waals surface area (Å²) in [5, 5.41) is 3.92. The van der Waals surface area contributed by atoms with E-state index < -0.39 is 0 Å². The second kappa shape index (κ2) is 7.07. The largest absolute Gasteiger partial charge is 0.445 e. The first-order chi connectivity index (χ1) is 8.26. The van der Waals surface area contributed by atoms with Crippen LogP contribution in [0.2, 0.25) is 0 Å². The molecule has 1 aliphatic heterocycles. The van der Waals surface area contributed by atoms with Crippen molar-refractivity contribution in [1.82, 2.24) is 10.2 Å². The first-order valence-electron chi connectivity index (χ1n) is 5.85. The summed E-state index contributed by atoms with van der Waals surface area (Å²) in [4.78, 5) is 14.2. The van der Waals surface area contributed by atoms with Gasteiger partial charge in [-0.05, 0) is 38.3 Å². The number of amides is 1. The zero-order valence-electron chi connectivity index (χ0n) is 10.6. The van der Waals surface area contributed by atoms with E-state index in [1.807, 2.05) is 24.3 Å². The number of hydrogen-bond acceptors (Lipinski definition) is 4. The van der Waals surface area contributed by atoms with E-state index in [2.05, 4.69) is 5.32 Å². The summed E-state index contributed by atoms with van der Waals surface area (Å²) < 4.78 is 5.48. The van der Waals surface area contributed by atoms with Crippen LogP contribution < -0.4 is 5.32 Å². The summed E-state index contributed by atoms with van der Waals surface area (Å²) in [6.07, 6.45) is 4.09. The fourth-order valence-electron chi connectivity index (χ4n) is 2.24. The molecule has 1 aromatic heterocycles. The molecule has 1 atom stereocenters. The Hall–Kier alpha value is -0.650. The number of carbonyl (C=O) groups is 1. The molecule has 102 valence electrons. The van der Waals surface area contributed by atoms with Gasteiger partial charge in [0, 0.05) is 19.1 Å². The van der Waals surface area contributed by atoms with Crippen molar-refractivity contribution in [3.8, 4) is 0 Å². The normalized spacial score (nSPS) is 18.8. The SMILES string of the molecule is CNCC1CCCN1C(=O)c1ccc(SC)o1.Cl. The Kier molecular flexibility index (Phi) is 6.05. The van der Waals surface area contributed by atoms with Crippen LogP contribution in [0.15, 0.2) is 21.6 Å². The van der Waals surface area contributed by atoms with Gasteiger partial charge in [0.2, 0.25) is 0 Å². The molecule has 18 heavy (non-hydrogen) atoms. The number of likely N-dealkylation sites (tertiary alicyclic amines) is 1. The molecule has 1 aromatic rings. The smallest absolute Gasteiger partial charge is 0.289 e. The standard InChI is InChI=1S/C12H18N2O2S.ClH/c1-13-8-9-4-3-7-14(9)12(15)10-5-6-11(16-10)17-2;/h5-6,9,13H,3-4,7-8H2,1-2H3;1H. The Bertz CT molecular complexity index is 397. The van der Waals surface area contributed by atoms with Gasteiger partial charge in [-0.2, -0.15) is 0 Å². The molecule has 0 bridgehead atoms. The molecule has 1 aliphatic rings. The van der Waals surface area contributed by atoms with Crippen LogP contribution in [0.5, 0.6) is 0 Å². The molecule has 1 amide bonds. The number of halogens is 1. The Morgan fingerprint density at radius 1 is 1.61 bits per heavy atom. The van der Waals surface area contributed by atoms with Gasteiger partial charge >= 0.3 is 0 Å². The molecule has 0 aromatic carbocycles. The van der Waals surface area contributed by atoms with Crippen molar-refractivity contribution in [2.45, 2.75) is 24.0 Å². The Morgan fingerprint density at radius 2 is 2.39 bits per heavy atom. The molecule has 4 nitrogen and oxygen atoms in total. The summed E-state index contributed by atoms with van der Waals surface area (Å²) in [6.45, 7) is 1.68. The summed E-state index contributed by atoms with van der Waals surface area (Å²) in [7, 11) is 1.92. The third-order valence-corrected chi connectivity index (χ3v) is 3.69. The van der Waals surface area contributed by atoms with Gasteiger partial charge in [-0.1, -0.05) is 11.8 Å². The van der Waals surface area contributed by atoms with Crippen LogP contribution in [0.1, 0.15) is 23.4 Å². The number of likely N-dealkylation sites (N-methyl/N-ethyl adjacent to an activating group) is 1. The average Bonchev–Trinajstić information content (AvgIpc) is 2.97. The third kappa shape index (κ3) is 3.22. The fourth-order valence-corrected chi connectivity index (χ4v) is 2.61. The van der Waals surface area contributed by atoms with Gasteiger partial charge in [0.05, 0.1) is 0 Å². The maximum absolute atomic E-state index is 12.3. The number of rotatable bonds is 4. The molecular weight excluding hydrogens is 272 g/mol. The Morgan fingerprint density at radius 3 is 3.00 bits per heavy atom. The first kappa shape index (κ1) is 15.4. The molecule has 0 radical (unpaired) electrons. The molecule has 0 saturated carbocycles. The lowest BCUT2D eigenvalue weighted by Crippen LogP contribution is -2.40. The highest BCUT2D eigenvalue weighted by molar-refractivity contribution is 7.98. The van der Waals surface area contributed by atoms with E-state index in [9.17, 15) is 4.79 Å². The highest BCUT2D eigenvalue weighted by Gasteiger charge is 2.30. The van der Waals surface area contributed by atoms with Crippen molar-refractivity contribution in [3.63, 3.8) is 0 Å². The third-order valence-electron chi connectivity index (χ3n) is 3.07. The number of nitrogens with one attached hydrogen (secondary N) is 1. The van der Waals surface area contributed by atoms with Crippen molar-refractivity contribution >= 4 is 30.1 Å². The molecule has 1 N–H and O–H groups in total. The minimum Gasteiger partial charge on any atom is -0.445 e. The zero-order chi connectivity index (χ0) is 12.3. The van der Waals surface area contributed by atoms with Gasteiger partial charge in [-0.25, -0.2) is 0 Å². The molecule has 2 rings (SSSR count). The van der Waals surface area contributed by atoms with E-state index >= 15 is 0 Å². The van der Waals surface area contributed by atoms with Crippen LogP contribution in [0, 0.1) is 0 Å². The number of hydrogen-bond donors (Lipinski definition) is 1. The van der Waals surface area contributed by atoms with Crippen LogP contribution in [-0.2, 0) is 0 Å². The fraction of sp³-hybridized carbons (Fsp3) is 0.583. The average molecular weight is 291 g/mol. The monoisotopic (exact) mass is 290 g/mol. The van der Waals surface area contributed by atoms with Gasteiger partial charge in [0.25, 0.3) is 5.91 Å². The second-order valence-corrected chi connectivity index (χ2v) is 4.99. The predicted octanol–water partition coefficient (Wildman–Crippen LogP) is 2.25. The number of nitrogens with zero attached hydrogens (tertiary/aromatic N) is 1. The summed E-state index contributed by atoms with van der Waals surface area (Å²) in [5.74, 6) is 0.473. The summed E-state index contributed by atoms with van der Waals surface area (Å²) in [5.41, 5.74) is 0. The molecule has 1 fully saturated rings. The van der Waals surface area contributed by atoms with Gasteiger partial charge in [0.1, 0.15) is 0 Å². The van der Waals surface area contributed by atoms with E-state index in [0.717, 1.165) is 31.0 Å². The molecule has 1 unspecified atom stereocenters. The number of thioether (sulfide) groups is 1. The number of carbonyl (C=O) groups excluding carboxylic acids is 1. The maximum atomic E-state index is 12.3. The predicted molar refractivity (Wildman–Crippen MR) is 75.7 cm³/mol. The zero-order valence-corrected chi connectivity index (χ0v) is 12.3. The van der Waals surface area contributed by atoms with Gasteiger partial charge in [-0.15, -0.1) is 12.4 Å². The van der Waals surface area contributed by atoms with Crippen LogP contribution in [0.4, 0.5) is 0 Å². The summed E-state index contributed by atoms with van der Waals surface area (Å²) >= 11 is 1.51. The van der Waals surface area contributed by atoms with Crippen LogP contribution in [0.25, 0.3) is 0 Å². The van der Waals surface area contributed by atoms with Crippen LogP contribution in [0.3, 0.4) is 0 Å². The molecule has 1 saturated heterocycles. The Labute approximate surface area is 118 Å². The van der Waals surface area contributed by atoms with E-state index in [1.165, 1.54) is 11.8 Å². The quantitative estimate of drug-likeness (QED) is 0.864. The van der Waals surface area contributed by atoms with E-state index in [1.54, 1.807) is 6.07 Å². The van der Waals surface area contributed by atoms with E-state index in [4.69, 9.17) is 4.42 Å². The van der Waals surface area contributed by atoms with Crippen molar-refractivity contribution in [2.24, 2.45) is 0 Å². The topological polar surface area (TPSA) is 45.5 Å². The lowest BCUT2D eigenvalue weighted by atomic mass is 10.2. The second-order valence-electron chi connectivity index (χ2n) is 4.18.